The lowest BCUT2D eigenvalue weighted by molar-refractivity contribution is 1.21. The molecule has 3 aromatic carbocycles. The van der Waals surface area contributed by atoms with Crippen LogP contribution in [0, 0.1) is 5.41 Å². The predicted octanol–water partition coefficient (Wildman–Crippen LogP) is 5.35. The fourth-order valence-electron chi connectivity index (χ4n) is 3.69. The number of hydrogen-bond donors (Lipinski definition) is 2. The first-order valence-electron chi connectivity index (χ1n) is 8.88. The molecule has 1 heterocycles. The smallest absolute Gasteiger partial charge is 0.199 e. The number of fused-ring (bicyclic) bond motifs is 1. The van der Waals surface area contributed by atoms with Gasteiger partial charge in [-0.05, 0) is 46.7 Å². The quantitative estimate of drug-likeness (QED) is 0.333. The van der Waals surface area contributed by atoms with E-state index >= 15 is 0 Å². The molecule has 130 valence electrons. The Morgan fingerprint density at radius 2 is 1.85 bits per heavy atom. The van der Waals surface area contributed by atoms with E-state index in [0.717, 1.165) is 22.3 Å². The summed E-state index contributed by atoms with van der Waals surface area (Å²) in [6.07, 6.45) is 6.07. The second kappa shape index (κ2) is 5.95. The minimum atomic E-state index is 0.326. The largest absolute Gasteiger partial charge is 0.326 e. The van der Waals surface area contributed by atoms with Crippen LogP contribution in [0.1, 0.15) is 11.1 Å². The molecule has 4 aromatic rings. The van der Waals surface area contributed by atoms with E-state index in [-0.39, 0.29) is 0 Å². The van der Waals surface area contributed by atoms with E-state index < -0.39 is 0 Å². The van der Waals surface area contributed by atoms with Crippen LogP contribution in [0.3, 0.4) is 0 Å². The molecule has 1 aliphatic carbocycles. The summed E-state index contributed by atoms with van der Waals surface area (Å²) in [5.41, 5.74) is 5.24. The number of guanidine groups is 1. The molecule has 4 nitrogen and oxygen atoms in total. The highest BCUT2D eigenvalue weighted by Crippen LogP contribution is 2.37. The average molecular weight is 350 g/mol. The zero-order valence-electron chi connectivity index (χ0n) is 14.9. The molecule has 0 saturated carbocycles. The standard InChI is InChI=1S/C23H18N4/c1-27(21-12-8-16-5-2-4-15-7-10-19(21)22(15)16)23(24)26-18-9-11-20-17(14-18)6-3-13-25-20/h2-14H,1H3,(H2,24,26). The Kier molecular flexibility index (Phi) is 3.44. The molecule has 1 aliphatic rings. The van der Waals surface area contributed by atoms with Gasteiger partial charge in [-0.2, -0.15) is 0 Å². The average Bonchev–Trinajstić information content (AvgIpc) is 3.14. The summed E-state index contributed by atoms with van der Waals surface area (Å²) in [6.45, 7) is 0. The van der Waals surface area contributed by atoms with Crippen molar-refractivity contribution in [2.24, 2.45) is 0 Å². The third kappa shape index (κ3) is 2.54. The van der Waals surface area contributed by atoms with Gasteiger partial charge in [-0.3, -0.25) is 10.4 Å². The van der Waals surface area contributed by atoms with Gasteiger partial charge in [-0.1, -0.05) is 42.5 Å². The van der Waals surface area contributed by atoms with Gasteiger partial charge in [0.25, 0.3) is 0 Å². The summed E-state index contributed by atoms with van der Waals surface area (Å²) < 4.78 is 0. The summed E-state index contributed by atoms with van der Waals surface area (Å²) >= 11 is 0. The van der Waals surface area contributed by atoms with Gasteiger partial charge in [0, 0.05) is 29.9 Å². The number of aromatic nitrogens is 1. The number of nitrogens with zero attached hydrogens (tertiary/aromatic N) is 2. The van der Waals surface area contributed by atoms with Crippen LogP contribution in [-0.4, -0.2) is 18.0 Å². The summed E-state index contributed by atoms with van der Waals surface area (Å²) in [7, 11) is 1.92. The lowest BCUT2D eigenvalue weighted by atomic mass is 10.0. The van der Waals surface area contributed by atoms with Crippen LogP contribution in [0.2, 0.25) is 0 Å². The van der Waals surface area contributed by atoms with Crippen LogP contribution in [0.25, 0.3) is 33.8 Å². The van der Waals surface area contributed by atoms with Crippen molar-refractivity contribution in [3.05, 3.63) is 78.0 Å². The van der Waals surface area contributed by atoms with Gasteiger partial charge in [-0.15, -0.1) is 0 Å². The molecule has 0 aliphatic heterocycles. The van der Waals surface area contributed by atoms with Gasteiger partial charge in [0.2, 0.25) is 0 Å². The van der Waals surface area contributed by atoms with Gasteiger partial charge in [0.1, 0.15) is 0 Å². The number of pyridine rings is 1. The number of hydrogen-bond acceptors (Lipinski definition) is 2. The first kappa shape index (κ1) is 15.6. The number of anilines is 2. The second-order valence-electron chi connectivity index (χ2n) is 6.72. The highest BCUT2D eigenvalue weighted by molar-refractivity contribution is 6.12. The molecule has 2 N–H and O–H groups in total. The Hall–Kier alpha value is -3.66. The van der Waals surface area contributed by atoms with E-state index in [1.165, 1.54) is 21.9 Å². The normalized spacial score (nSPS) is 11.9. The molecule has 0 saturated heterocycles. The van der Waals surface area contributed by atoms with E-state index in [1.807, 2.05) is 42.3 Å². The van der Waals surface area contributed by atoms with E-state index in [1.54, 1.807) is 6.20 Å². The molecule has 0 radical (unpaired) electrons. The Balaban J connectivity index is 1.47. The van der Waals surface area contributed by atoms with Crippen molar-refractivity contribution in [2.45, 2.75) is 0 Å². The van der Waals surface area contributed by atoms with Crippen LogP contribution in [0.4, 0.5) is 11.4 Å². The zero-order chi connectivity index (χ0) is 18.4. The van der Waals surface area contributed by atoms with Gasteiger partial charge in [0.05, 0.1) is 11.2 Å². The zero-order valence-corrected chi connectivity index (χ0v) is 14.9. The van der Waals surface area contributed by atoms with Crippen LogP contribution in [-0.2, 0) is 0 Å². The van der Waals surface area contributed by atoms with Gasteiger partial charge >= 0.3 is 0 Å². The van der Waals surface area contributed by atoms with E-state index in [0.29, 0.717) is 5.96 Å². The molecule has 1 aromatic heterocycles. The molecule has 27 heavy (non-hydrogen) atoms. The Morgan fingerprint density at radius 1 is 0.963 bits per heavy atom. The van der Waals surface area contributed by atoms with Crippen molar-refractivity contribution < 1.29 is 0 Å². The molecule has 0 bridgehead atoms. The third-order valence-electron chi connectivity index (χ3n) is 5.09. The van der Waals surface area contributed by atoms with Gasteiger partial charge in [-0.25, -0.2) is 0 Å². The molecular formula is C23H18N4. The topological polar surface area (TPSA) is 52.0 Å². The van der Waals surface area contributed by atoms with Crippen molar-refractivity contribution in [3.8, 4) is 0 Å². The van der Waals surface area contributed by atoms with Crippen molar-refractivity contribution in [3.63, 3.8) is 0 Å². The first-order valence-corrected chi connectivity index (χ1v) is 8.88. The fraction of sp³-hybridized carbons (Fsp3) is 0.0435. The summed E-state index contributed by atoms with van der Waals surface area (Å²) in [5, 5.41) is 15.3. The van der Waals surface area contributed by atoms with E-state index in [9.17, 15) is 0 Å². The van der Waals surface area contributed by atoms with Crippen molar-refractivity contribution >= 4 is 51.2 Å². The highest BCUT2D eigenvalue weighted by atomic mass is 15.3. The number of nitrogens with one attached hydrogen (secondary N) is 2. The minimum Gasteiger partial charge on any atom is -0.326 e. The summed E-state index contributed by atoms with van der Waals surface area (Å²) in [6, 6.07) is 20.4. The number of benzene rings is 3. The van der Waals surface area contributed by atoms with Crippen molar-refractivity contribution in [1.82, 2.24) is 4.98 Å². The van der Waals surface area contributed by atoms with Crippen LogP contribution in [0.15, 0.2) is 66.9 Å². The lowest BCUT2D eigenvalue weighted by Gasteiger charge is -2.23. The van der Waals surface area contributed by atoms with Crippen LogP contribution >= 0.6 is 0 Å². The van der Waals surface area contributed by atoms with Gasteiger partial charge < -0.3 is 10.2 Å². The predicted molar refractivity (Wildman–Crippen MR) is 114 cm³/mol. The molecule has 0 fully saturated rings. The fourth-order valence-corrected chi connectivity index (χ4v) is 3.69. The molecule has 4 heteroatoms. The van der Waals surface area contributed by atoms with Crippen molar-refractivity contribution in [2.75, 3.05) is 17.3 Å². The molecular weight excluding hydrogens is 332 g/mol. The Morgan fingerprint density at radius 3 is 2.78 bits per heavy atom. The monoisotopic (exact) mass is 350 g/mol. The summed E-state index contributed by atoms with van der Waals surface area (Å²) in [5.74, 6) is 0.326. The minimum absolute atomic E-state index is 0.326. The van der Waals surface area contributed by atoms with Crippen LogP contribution < -0.4 is 10.2 Å². The SMILES string of the molecule is CN(C(=N)Nc1ccc2ncccc2c1)c1ccc2cccc3c2c1C=C3. The molecule has 0 spiro atoms. The lowest BCUT2D eigenvalue weighted by Crippen LogP contribution is -2.32. The molecule has 0 atom stereocenters. The maximum Gasteiger partial charge on any atom is 0.199 e. The first-order chi connectivity index (χ1) is 13.2. The molecule has 0 amide bonds. The third-order valence-corrected chi connectivity index (χ3v) is 5.09. The van der Waals surface area contributed by atoms with Crippen molar-refractivity contribution in [1.29, 1.82) is 5.41 Å². The molecule has 0 unspecified atom stereocenters. The Bertz CT molecular complexity index is 1240. The maximum absolute atomic E-state index is 8.55. The maximum atomic E-state index is 8.55. The highest BCUT2D eigenvalue weighted by Gasteiger charge is 2.17. The summed E-state index contributed by atoms with van der Waals surface area (Å²) in [4.78, 5) is 6.23. The Labute approximate surface area is 157 Å². The van der Waals surface area contributed by atoms with Crippen LogP contribution in [0.5, 0.6) is 0 Å². The second-order valence-corrected chi connectivity index (χ2v) is 6.72. The van der Waals surface area contributed by atoms with E-state index in [4.69, 9.17) is 5.41 Å². The van der Waals surface area contributed by atoms with E-state index in [2.05, 4.69) is 52.8 Å². The number of rotatable bonds is 2. The molecule has 5 rings (SSSR count). The van der Waals surface area contributed by atoms with Gasteiger partial charge in [0.15, 0.2) is 5.96 Å².